The summed E-state index contributed by atoms with van der Waals surface area (Å²) in [6, 6.07) is 7.37. The number of nitrogens with one attached hydrogen (secondary N) is 2. The van der Waals surface area contributed by atoms with Gasteiger partial charge in [-0.3, -0.25) is 0 Å². The lowest BCUT2D eigenvalue weighted by Gasteiger charge is -2.18. The highest BCUT2D eigenvalue weighted by atomic mass is 16.4. The summed E-state index contributed by atoms with van der Waals surface area (Å²) in [4.78, 5) is 22.6. The van der Waals surface area contributed by atoms with Crippen molar-refractivity contribution in [3.63, 3.8) is 0 Å². The van der Waals surface area contributed by atoms with E-state index >= 15 is 0 Å². The van der Waals surface area contributed by atoms with Gasteiger partial charge in [0.05, 0.1) is 11.6 Å². The van der Waals surface area contributed by atoms with Crippen molar-refractivity contribution in [3.05, 3.63) is 35.4 Å². The zero-order valence-corrected chi connectivity index (χ0v) is 11.4. The number of carbonyl (C=O) groups excluding carboxylic acids is 1. The van der Waals surface area contributed by atoms with Crippen LogP contribution in [0.2, 0.25) is 0 Å². The van der Waals surface area contributed by atoms with E-state index in [1.54, 1.807) is 38.1 Å². The van der Waals surface area contributed by atoms with Crippen LogP contribution in [0.15, 0.2) is 24.3 Å². The van der Waals surface area contributed by atoms with Crippen molar-refractivity contribution in [2.24, 2.45) is 5.92 Å². The molecule has 0 radical (unpaired) electrons. The Morgan fingerprint density at radius 1 is 1.40 bits per heavy atom. The van der Waals surface area contributed by atoms with Crippen LogP contribution in [0.5, 0.6) is 0 Å². The SMILES string of the molecule is CC(C)C(NC(=O)NCc1cccc(C#N)c1)C(=O)O. The Balaban J connectivity index is 2.55. The van der Waals surface area contributed by atoms with Gasteiger partial charge in [-0.1, -0.05) is 26.0 Å². The first-order chi connectivity index (χ1) is 9.43. The van der Waals surface area contributed by atoms with Gasteiger partial charge in [0.1, 0.15) is 6.04 Å². The summed E-state index contributed by atoms with van der Waals surface area (Å²) in [5.74, 6) is -1.28. The van der Waals surface area contributed by atoms with Gasteiger partial charge in [-0.15, -0.1) is 0 Å². The van der Waals surface area contributed by atoms with Crippen molar-refractivity contribution in [1.82, 2.24) is 10.6 Å². The maximum absolute atomic E-state index is 11.6. The summed E-state index contributed by atoms with van der Waals surface area (Å²) in [5, 5.41) is 22.7. The zero-order valence-electron chi connectivity index (χ0n) is 11.4. The van der Waals surface area contributed by atoms with E-state index in [-0.39, 0.29) is 12.5 Å². The van der Waals surface area contributed by atoms with Crippen LogP contribution < -0.4 is 10.6 Å². The Kier molecular flexibility index (Phi) is 5.54. The summed E-state index contributed by atoms with van der Waals surface area (Å²) in [5.41, 5.74) is 1.28. The number of rotatable bonds is 5. The summed E-state index contributed by atoms with van der Waals surface area (Å²) in [7, 11) is 0. The van der Waals surface area contributed by atoms with E-state index in [1.165, 1.54) is 0 Å². The molecule has 1 aromatic rings. The number of hydrogen-bond acceptors (Lipinski definition) is 3. The van der Waals surface area contributed by atoms with E-state index in [0.29, 0.717) is 5.56 Å². The molecule has 20 heavy (non-hydrogen) atoms. The number of carbonyl (C=O) groups is 2. The molecule has 0 aromatic heterocycles. The van der Waals surface area contributed by atoms with E-state index < -0.39 is 18.0 Å². The second-order valence-corrected chi connectivity index (χ2v) is 4.70. The van der Waals surface area contributed by atoms with Gasteiger partial charge in [0, 0.05) is 6.54 Å². The molecule has 106 valence electrons. The molecule has 1 unspecified atom stereocenters. The minimum atomic E-state index is -1.07. The number of carboxylic acid groups (broad SMARTS) is 1. The van der Waals surface area contributed by atoms with E-state index in [0.717, 1.165) is 5.56 Å². The van der Waals surface area contributed by atoms with E-state index in [2.05, 4.69) is 10.6 Å². The molecule has 0 aliphatic heterocycles. The number of nitriles is 1. The average molecular weight is 275 g/mol. The Hall–Kier alpha value is -2.55. The van der Waals surface area contributed by atoms with Gasteiger partial charge in [0.2, 0.25) is 0 Å². The van der Waals surface area contributed by atoms with Crippen molar-refractivity contribution in [1.29, 1.82) is 5.26 Å². The minimum absolute atomic E-state index is 0.208. The number of carboxylic acids is 1. The highest BCUT2D eigenvalue weighted by molar-refractivity contribution is 5.82. The van der Waals surface area contributed by atoms with Crippen molar-refractivity contribution < 1.29 is 14.7 Å². The Morgan fingerprint density at radius 3 is 2.65 bits per heavy atom. The van der Waals surface area contributed by atoms with Crippen molar-refractivity contribution >= 4 is 12.0 Å². The van der Waals surface area contributed by atoms with E-state index in [9.17, 15) is 9.59 Å². The molecule has 1 atom stereocenters. The topological polar surface area (TPSA) is 102 Å². The van der Waals surface area contributed by atoms with Crippen LogP contribution >= 0.6 is 0 Å². The Morgan fingerprint density at radius 2 is 2.10 bits per heavy atom. The zero-order chi connectivity index (χ0) is 15.1. The molecule has 1 rings (SSSR count). The monoisotopic (exact) mass is 275 g/mol. The minimum Gasteiger partial charge on any atom is -0.480 e. The quantitative estimate of drug-likeness (QED) is 0.757. The fourth-order valence-corrected chi connectivity index (χ4v) is 1.64. The van der Waals surface area contributed by atoms with Crippen LogP contribution in [-0.4, -0.2) is 23.1 Å². The molecule has 3 N–H and O–H groups in total. The molecule has 0 aliphatic rings. The third-order valence-corrected chi connectivity index (χ3v) is 2.73. The van der Waals surface area contributed by atoms with Gasteiger partial charge in [0.15, 0.2) is 0 Å². The lowest BCUT2D eigenvalue weighted by atomic mass is 10.1. The highest BCUT2D eigenvalue weighted by Gasteiger charge is 2.23. The molecule has 0 saturated carbocycles. The second-order valence-electron chi connectivity index (χ2n) is 4.70. The van der Waals surface area contributed by atoms with Crippen LogP contribution in [0, 0.1) is 17.2 Å². The van der Waals surface area contributed by atoms with Crippen LogP contribution in [0.25, 0.3) is 0 Å². The maximum atomic E-state index is 11.6. The van der Waals surface area contributed by atoms with Crippen LogP contribution in [0.3, 0.4) is 0 Å². The van der Waals surface area contributed by atoms with Crippen molar-refractivity contribution in [3.8, 4) is 6.07 Å². The number of amides is 2. The second kappa shape index (κ2) is 7.14. The molecule has 0 fully saturated rings. The molecular formula is C14H17N3O3. The maximum Gasteiger partial charge on any atom is 0.326 e. The fourth-order valence-electron chi connectivity index (χ4n) is 1.64. The molecule has 0 saturated heterocycles. The van der Waals surface area contributed by atoms with Gasteiger partial charge < -0.3 is 15.7 Å². The van der Waals surface area contributed by atoms with Gasteiger partial charge in [-0.25, -0.2) is 9.59 Å². The van der Waals surface area contributed by atoms with Crippen molar-refractivity contribution in [2.75, 3.05) is 0 Å². The van der Waals surface area contributed by atoms with Gasteiger partial charge >= 0.3 is 12.0 Å². The molecule has 0 aliphatic carbocycles. The largest absolute Gasteiger partial charge is 0.480 e. The number of aliphatic carboxylic acids is 1. The summed E-state index contributed by atoms with van der Waals surface area (Å²) >= 11 is 0. The van der Waals surface area contributed by atoms with Crippen LogP contribution in [0.1, 0.15) is 25.0 Å². The van der Waals surface area contributed by atoms with Gasteiger partial charge in [0.25, 0.3) is 0 Å². The molecule has 6 nitrogen and oxygen atoms in total. The number of benzene rings is 1. The first kappa shape index (κ1) is 15.5. The lowest BCUT2D eigenvalue weighted by molar-refractivity contribution is -0.140. The fraction of sp³-hybridized carbons (Fsp3) is 0.357. The number of nitrogens with zero attached hydrogens (tertiary/aromatic N) is 1. The Bertz CT molecular complexity index is 535. The summed E-state index contributed by atoms with van der Waals surface area (Å²) in [6.45, 7) is 3.66. The average Bonchev–Trinajstić information content (AvgIpc) is 2.42. The number of hydrogen-bond donors (Lipinski definition) is 3. The lowest BCUT2D eigenvalue weighted by Crippen LogP contribution is -2.48. The summed E-state index contributed by atoms with van der Waals surface area (Å²) < 4.78 is 0. The first-order valence-corrected chi connectivity index (χ1v) is 6.20. The molecule has 2 amide bonds. The third-order valence-electron chi connectivity index (χ3n) is 2.73. The third kappa shape index (κ3) is 4.61. The molecule has 6 heteroatoms. The predicted molar refractivity (Wildman–Crippen MR) is 72.8 cm³/mol. The molecule has 0 heterocycles. The van der Waals surface area contributed by atoms with E-state index in [1.807, 2.05) is 6.07 Å². The predicted octanol–water partition coefficient (Wildman–Crippen LogP) is 1.47. The first-order valence-electron chi connectivity index (χ1n) is 6.20. The van der Waals surface area contributed by atoms with Crippen molar-refractivity contribution in [2.45, 2.75) is 26.4 Å². The van der Waals surface area contributed by atoms with Crippen LogP contribution in [0.4, 0.5) is 4.79 Å². The number of urea groups is 1. The van der Waals surface area contributed by atoms with Crippen LogP contribution in [-0.2, 0) is 11.3 Å². The smallest absolute Gasteiger partial charge is 0.326 e. The van der Waals surface area contributed by atoms with Gasteiger partial charge in [-0.05, 0) is 23.6 Å². The standard InChI is InChI=1S/C14H17N3O3/c1-9(2)12(13(18)19)17-14(20)16-8-11-5-3-4-10(6-11)7-15/h3-6,9,12H,8H2,1-2H3,(H,18,19)(H2,16,17,20). The Labute approximate surface area is 117 Å². The molecular weight excluding hydrogens is 258 g/mol. The molecule has 0 spiro atoms. The highest BCUT2D eigenvalue weighted by Crippen LogP contribution is 2.04. The molecule has 1 aromatic carbocycles. The molecule has 0 bridgehead atoms. The summed E-state index contributed by atoms with van der Waals surface area (Å²) in [6.07, 6.45) is 0. The normalized spacial score (nSPS) is 11.5. The van der Waals surface area contributed by atoms with Gasteiger partial charge in [-0.2, -0.15) is 5.26 Å². The van der Waals surface area contributed by atoms with E-state index in [4.69, 9.17) is 10.4 Å².